The fraction of sp³-hybridized carbons (Fsp3) is 0.667. The third kappa shape index (κ3) is 3.75. The number of rotatable bonds is 4. The molecule has 162 valence electrons. The Kier molecular flexibility index (Phi) is 5.53. The van der Waals surface area contributed by atoms with E-state index < -0.39 is 0 Å². The predicted molar refractivity (Wildman–Crippen MR) is 117 cm³/mol. The molecule has 1 N–H and O–H groups in total. The number of piperidine rings is 1. The molecule has 5 nitrogen and oxygen atoms in total. The lowest BCUT2D eigenvalue weighted by Crippen LogP contribution is -2.56. The van der Waals surface area contributed by atoms with Crippen molar-refractivity contribution in [1.29, 1.82) is 0 Å². The maximum Gasteiger partial charge on any atom is 0.227 e. The summed E-state index contributed by atoms with van der Waals surface area (Å²) in [7, 11) is 0. The molecule has 1 saturated carbocycles. The number of carbonyl (C=O) groups is 2. The first-order valence-electron chi connectivity index (χ1n) is 11.6. The second-order valence-electron chi connectivity index (χ2n) is 9.88. The lowest BCUT2D eigenvalue weighted by Gasteiger charge is -2.43. The van der Waals surface area contributed by atoms with Gasteiger partial charge in [-0.05, 0) is 43.2 Å². The summed E-state index contributed by atoms with van der Waals surface area (Å²) < 4.78 is 0. The molecule has 0 bridgehead atoms. The minimum Gasteiger partial charge on any atom is -0.350 e. The maximum absolute atomic E-state index is 12.8. The van der Waals surface area contributed by atoms with Crippen LogP contribution in [-0.4, -0.2) is 59.9 Å². The third-order valence-electron chi connectivity index (χ3n) is 8.11. The number of hydrogen-bond donors (Lipinski definition) is 1. The highest BCUT2D eigenvalue weighted by Gasteiger charge is 2.57. The number of likely N-dealkylation sites (tertiary alicyclic amines) is 2. The van der Waals surface area contributed by atoms with Crippen LogP contribution in [0.2, 0.25) is 5.02 Å². The zero-order valence-corrected chi connectivity index (χ0v) is 18.4. The molecule has 1 aromatic rings. The SMILES string of the molecule is O=C1NC2(CCN(C(=O)Cc3ccccc3Cl)CC2)[C@H]2CN(CC3CCCC3)C[C@@H]12. The van der Waals surface area contributed by atoms with E-state index in [0.717, 1.165) is 50.5 Å². The van der Waals surface area contributed by atoms with Gasteiger partial charge in [0.25, 0.3) is 0 Å². The molecule has 3 saturated heterocycles. The first-order chi connectivity index (χ1) is 14.5. The number of hydrogen-bond acceptors (Lipinski definition) is 3. The normalized spacial score (nSPS) is 28.8. The molecule has 2 atom stereocenters. The van der Waals surface area contributed by atoms with E-state index in [9.17, 15) is 9.59 Å². The van der Waals surface area contributed by atoms with Crippen molar-refractivity contribution in [2.75, 3.05) is 32.7 Å². The van der Waals surface area contributed by atoms with Crippen molar-refractivity contribution in [2.24, 2.45) is 17.8 Å². The van der Waals surface area contributed by atoms with E-state index in [0.29, 0.717) is 17.4 Å². The van der Waals surface area contributed by atoms with Gasteiger partial charge >= 0.3 is 0 Å². The fourth-order valence-corrected chi connectivity index (χ4v) is 6.62. The van der Waals surface area contributed by atoms with Crippen LogP contribution < -0.4 is 5.32 Å². The second-order valence-corrected chi connectivity index (χ2v) is 10.3. The third-order valence-corrected chi connectivity index (χ3v) is 8.48. The molecule has 2 amide bonds. The van der Waals surface area contributed by atoms with Gasteiger partial charge in [-0.3, -0.25) is 9.59 Å². The zero-order chi connectivity index (χ0) is 20.7. The van der Waals surface area contributed by atoms with Crippen LogP contribution in [0.15, 0.2) is 24.3 Å². The van der Waals surface area contributed by atoms with Gasteiger partial charge in [0.15, 0.2) is 0 Å². The molecule has 1 spiro atoms. The first-order valence-corrected chi connectivity index (χ1v) is 12.0. The summed E-state index contributed by atoms with van der Waals surface area (Å²) in [6.45, 7) is 4.56. The molecule has 1 aliphatic carbocycles. The Labute approximate surface area is 184 Å². The monoisotopic (exact) mass is 429 g/mol. The van der Waals surface area contributed by atoms with Crippen LogP contribution in [0.4, 0.5) is 0 Å². The highest BCUT2D eigenvalue weighted by molar-refractivity contribution is 6.31. The van der Waals surface area contributed by atoms with Crippen molar-refractivity contribution in [3.05, 3.63) is 34.9 Å². The highest BCUT2D eigenvalue weighted by Crippen LogP contribution is 2.44. The Balaban J connectivity index is 1.20. The fourth-order valence-electron chi connectivity index (χ4n) is 6.42. The summed E-state index contributed by atoms with van der Waals surface area (Å²) in [6.07, 6.45) is 7.52. The quantitative estimate of drug-likeness (QED) is 0.800. The lowest BCUT2D eigenvalue weighted by molar-refractivity contribution is -0.132. The number of benzene rings is 1. The van der Waals surface area contributed by atoms with Crippen LogP contribution >= 0.6 is 11.6 Å². The molecule has 0 radical (unpaired) electrons. The van der Waals surface area contributed by atoms with E-state index in [1.165, 1.54) is 32.2 Å². The minimum atomic E-state index is -0.118. The van der Waals surface area contributed by atoms with E-state index >= 15 is 0 Å². The van der Waals surface area contributed by atoms with Gasteiger partial charge in [0, 0.05) is 49.2 Å². The highest BCUT2D eigenvalue weighted by atomic mass is 35.5. The van der Waals surface area contributed by atoms with Crippen molar-refractivity contribution < 1.29 is 9.59 Å². The van der Waals surface area contributed by atoms with E-state index in [-0.39, 0.29) is 23.3 Å². The van der Waals surface area contributed by atoms with Gasteiger partial charge in [-0.1, -0.05) is 42.6 Å². The van der Waals surface area contributed by atoms with E-state index in [2.05, 4.69) is 10.2 Å². The van der Waals surface area contributed by atoms with Crippen molar-refractivity contribution in [3.63, 3.8) is 0 Å². The molecule has 6 heteroatoms. The molecule has 3 heterocycles. The smallest absolute Gasteiger partial charge is 0.227 e. The van der Waals surface area contributed by atoms with Crippen LogP contribution in [0.1, 0.15) is 44.1 Å². The standard InChI is InChI=1S/C24H32ClN3O2/c25-21-8-4-3-7-18(21)13-22(29)28-11-9-24(10-12-28)20-16-27(14-17-5-1-2-6-17)15-19(20)23(30)26-24/h3-4,7-8,17,19-20H,1-2,5-6,9-16H2,(H,26,30)/t19-,20+/m1/s1. The van der Waals surface area contributed by atoms with Gasteiger partial charge in [-0.25, -0.2) is 0 Å². The molecule has 4 aliphatic rings. The van der Waals surface area contributed by atoms with E-state index in [4.69, 9.17) is 11.6 Å². The molecule has 0 aromatic heterocycles. The molecule has 4 fully saturated rings. The summed E-state index contributed by atoms with van der Waals surface area (Å²) in [5.41, 5.74) is 0.768. The zero-order valence-electron chi connectivity index (χ0n) is 17.6. The van der Waals surface area contributed by atoms with E-state index in [1.807, 2.05) is 29.2 Å². The van der Waals surface area contributed by atoms with Gasteiger partial charge in [0.1, 0.15) is 0 Å². The Hall–Kier alpha value is -1.59. The second kappa shape index (κ2) is 8.16. The lowest BCUT2D eigenvalue weighted by atomic mass is 9.75. The first kappa shape index (κ1) is 20.3. The molecular weight excluding hydrogens is 398 g/mol. The van der Waals surface area contributed by atoms with Crippen LogP contribution in [0.25, 0.3) is 0 Å². The number of carbonyl (C=O) groups excluding carboxylic acids is 2. The summed E-state index contributed by atoms with van der Waals surface area (Å²) in [6, 6.07) is 7.56. The van der Waals surface area contributed by atoms with Crippen molar-refractivity contribution >= 4 is 23.4 Å². The summed E-state index contributed by atoms with van der Waals surface area (Å²) in [5, 5.41) is 4.03. The van der Waals surface area contributed by atoms with Crippen LogP contribution in [0.5, 0.6) is 0 Å². The molecule has 30 heavy (non-hydrogen) atoms. The minimum absolute atomic E-state index is 0.118. The Bertz CT molecular complexity index is 814. The average Bonchev–Trinajstić information content (AvgIpc) is 3.45. The molecule has 0 unspecified atom stereocenters. The summed E-state index contributed by atoms with van der Waals surface area (Å²) in [4.78, 5) is 30.1. The number of fused-ring (bicyclic) bond motifs is 2. The maximum atomic E-state index is 12.8. The molecule has 3 aliphatic heterocycles. The van der Waals surface area contributed by atoms with Crippen molar-refractivity contribution in [2.45, 2.75) is 50.5 Å². The van der Waals surface area contributed by atoms with Gasteiger partial charge < -0.3 is 15.1 Å². The Morgan fingerprint density at radius 3 is 2.60 bits per heavy atom. The largest absolute Gasteiger partial charge is 0.350 e. The number of amides is 2. The predicted octanol–water partition coefficient (Wildman–Crippen LogP) is 3.11. The van der Waals surface area contributed by atoms with Crippen LogP contribution in [0.3, 0.4) is 0 Å². The summed E-state index contributed by atoms with van der Waals surface area (Å²) in [5.74, 6) is 1.73. The van der Waals surface area contributed by atoms with Gasteiger partial charge in [-0.2, -0.15) is 0 Å². The Morgan fingerprint density at radius 2 is 1.87 bits per heavy atom. The van der Waals surface area contributed by atoms with Crippen LogP contribution in [0, 0.1) is 17.8 Å². The van der Waals surface area contributed by atoms with Crippen LogP contribution in [-0.2, 0) is 16.0 Å². The topological polar surface area (TPSA) is 52.7 Å². The molecule has 1 aromatic carbocycles. The summed E-state index contributed by atoms with van der Waals surface area (Å²) >= 11 is 6.23. The average molecular weight is 430 g/mol. The van der Waals surface area contributed by atoms with E-state index in [1.54, 1.807) is 0 Å². The van der Waals surface area contributed by atoms with Gasteiger partial charge in [-0.15, -0.1) is 0 Å². The van der Waals surface area contributed by atoms with Gasteiger partial charge in [0.2, 0.25) is 11.8 Å². The number of halogens is 1. The molecular formula is C24H32ClN3O2. The number of nitrogens with one attached hydrogen (secondary N) is 1. The van der Waals surface area contributed by atoms with Crippen molar-refractivity contribution in [1.82, 2.24) is 15.1 Å². The molecule has 5 rings (SSSR count). The number of nitrogens with zero attached hydrogens (tertiary/aromatic N) is 2. The Morgan fingerprint density at radius 1 is 1.13 bits per heavy atom. The van der Waals surface area contributed by atoms with Crippen molar-refractivity contribution in [3.8, 4) is 0 Å². The van der Waals surface area contributed by atoms with Gasteiger partial charge in [0.05, 0.1) is 12.3 Å².